The van der Waals surface area contributed by atoms with Crippen LogP contribution in [-0.4, -0.2) is 38.0 Å². The van der Waals surface area contributed by atoms with Crippen LogP contribution in [0, 0.1) is 0 Å². The third-order valence-corrected chi connectivity index (χ3v) is 5.87. The molecule has 33 heavy (non-hydrogen) atoms. The average molecular weight is 460 g/mol. The molecule has 0 aliphatic heterocycles. The third kappa shape index (κ3) is 6.20. The Bertz CT molecular complexity index is 1160. The summed E-state index contributed by atoms with van der Waals surface area (Å²) in [4.78, 5) is 16.6. The number of ether oxygens (including phenoxy) is 1. The number of hydrogen-bond donors (Lipinski definition) is 1. The Hall–Kier alpha value is -3.65. The lowest BCUT2D eigenvalue weighted by Crippen LogP contribution is -2.15. The number of amides is 1. The lowest BCUT2D eigenvalue weighted by Gasteiger charge is -2.11. The van der Waals surface area contributed by atoms with Gasteiger partial charge in [0.15, 0.2) is 11.0 Å². The summed E-state index contributed by atoms with van der Waals surface area (Å²) in [7, 11) is 0. The summed E-state index contributed by atoms with van der Waals surface area (Å²) >= 11 is 1.37. The minimum Gasteiger partial charge on any atom is -0.494 e. The summed E-state index contributed by atoms with van der Waals surface area (Å²) < 4.78 is 7.51. The second-order valence-corrected chi connectivity index (χ2v) is 8.17. The molecule has 8 heteroatoms. The maximum atomic E-state index is 12.5. The molecule has 1 amide bonds. The molecule has 2 aromatic carbocycles. The van der Waals surface area contributed by atoms with Crippen LogP contribution in [0.25, 0.3) is 11.4 Å². The van der Waals surface area contributed by atoms with Crippen LogP contribution in [0.15, 0.2) is 84.3 Å². The van der Waals surface area contributed by atoms with Gasteiger partial charge in [0.25, 0.3) is 0 Å². The van der Waals surface area contributed by atoms with E-state index in [4.69, 9.17) is 4.74 Å². The summed E-state index contributed by atoms with van der Waals surface area (Å²) in [6.45, 7) is 3.25. The number of nitrogens with one attached hydrogen (secondary N) is 1. The number of thioether (sulfide) groups is 1. The van der Waals surface area contributed by atoms with Crippen LogP contribution in [0.1, 0.15) is 12.5 Å². The summed E-state index contributed by atoms with van der Waals surface area (Å²) in [6, 6.07) is 21.5. The van der Waals surface area contributed by atoms with Crippen molar-refractivity contribution in [1.29, 1.82) is 0 Å². The van der Waals surface area contributed by atoms with Crippen molar-refractivity contribution in [1.82, 2.24) is 19.7 Å². The van der Waals surface area contributed by atoms with Gasteiger partial charge in [-0.1, -0.05) is 42.1 Å². The maximum Gasteiger partial charge on any atom is 0.234 e. The number of aryl methyl sites for hydroxylation is 1. The topological polar surface area (TPSA) is 81.9 Å². The van der Waals surface area contributed by atoms with E-state index in [1.54, 1.807) is 12.4 Å². The number of carbonyl (C=O) groups is 1. The largest absolute Gasteiger partial charge is 0.494 e. The van der Waals surface area contributed by atoms with Crippen LogP contribution >= 0.6 is 11.8 Å². The molecule has 0 saturated heterocycles. The normalized spacial score (nSPS) is 10.7. The summed E-state index contributed by atoms with van der Waals surface area (Å²) in [6.07, 6.45) is 4.31. The van der Waals surface area contributed by atoms with Gasteiger partial charge in [-0.15, -0.1) is 10.2 Å². The quantitative estimate of drug-likeness (QED) is 0.346. The van der Waals surface area contributed by atoms with Gasteiger partial charge in [-0.3, -0.25) is 9.78 Å². The van der Waals surface area contributed by atoms with Crippen molar-refractivity contribution in [3.05, 3.63) is 84.7 Å². The number of anilines is 1. The average Bonchev–Trinajstić information content (AvgIpc) is 3.27. The van der Waals surface area contributed by atoms with Crippen LogP contribution < -0.4 is 10.1 Å². The fourth-order valence-corrected chi connectivity index (χ4v) is 4.09. The van der Waals surface area contributed by atoms with Gasteiger partial charge in [-0.05, 0) is 55.3 Å². The molecule has 0 saturated carbocycles. The molecule has 0 radical (unpaired) electrons. The van der Waals surface area contributed by atoms with E-state index in [0.29, 0.717) is 18.3 Å². The Labute approximate surface area is 197 Å². The Morgan fingerprint density at radius 1 is 1.00 bits per heavy atom. The van der Waals surface area contributed by atoms with Crippen LogP contribution in [0.5, 0.6) is 5.75 Å². The van der Waals surface area contributed by atoms with Crippen molar-refractivity contribution in [2.75, 3.05) is 17.7 Å². The van der Waals surface area contributed by atoms with E-state index in [9.17, 15) is 4.79 Å². The van der Waals surface area contributed by atoms with Gasteiger partial charge < -0.3 is 14.6 Å². The highest BCUT2D eigenvalue weighted by molar-refractivity contribution is 7.99. The number of carbonyl (C=O) groups excluding carboxylic acids is 1. The standard InChI is InChI=1S/C25H25N5O2S/c1-2-32-22-10-8-21(9-11-22)27-23(31)18-33-25-29-28-24(20-12-15-26-16-13-20)30(25)17-14-19-6-4-3-5-7-19/h3-13,15-16H,2,14,17-18H2,1H3,(H,27,31). The van der Waals surface area contributed by atoms with E-state index in [0.717, 1.165) is 29.2 Å². The van der Waals surface area contributed by atoms with E-state index in [1.165, 1.54) is 17.3 Å². The van der Waals surface area contributed by atoms with Gasteiger partial charge >= 0.3 is 0 Å². The van der Waals surface area contributed by atoms with Gasteiger partial charge in [0.2, 0.25) is 5.91 Å². The first-order valence-corrected chi connectivity index (χ1v) is 11.7. The van der Waals surface area contributed by atoms with Gasteiger partial charge in [-0.2, -0.15) is 0 Å². The van der Waals surface area contributed by atoms with Crippen molar-refractivity contribution < 1.29 is 9.53 Å². The third-order valence-electron chi connectivity index (χ3n) is 4.90. The van der Waals surface area contributed by atoms with Crippen LogP contribution in [0.2, 0.25) is 0 Å². The molecule has 0 aliphatic carbocycles. The Morgan fingerprint density at radius 3 is 2.48 bits per heavy atom. The van der Waals surface area contributed by atoms with Gasteiger partial charge in [0.1, 0.15) is 5.75 Å². The van der Waals surface area contributed by atoms with E-state index < -0.39 is 0 Å². The molecule has 0 atom stereocenters. The van der Waals surface area contributed by atoms with Crippen LogP contribution in [0.4, 0.5) is 5.69 Å². The maximum absolute atomic E-state index is 12.5. The first-order chi connectivity index (χ1) is 16.2. The Kier molecular flexibility index (Phi) is 7.71. The molecule has 2 aromatic heterocycles. The first-order valence-electron chi connectivity index (χ1n) is 10.8. The monoisotopic (exact) mass is 459 g/mol. The van der Waals surface area contributed by atoms with Crippen molar-refractivity contribution in [3.63, 3.8) is 0 Å². The second-order valence-electron chi connectivity index (χ2n) is 7.22. The van der Waals surface area contributed by atoms with Crippen molar-refractivity contribution in [2.45, 2.75) is 25.0 Å². The van der Waals surface area contributed by atoms with Crippen molar-refractivity contribution in [2.24, 2.45) is 0 Å². The van der Waals surface area contributed by atoms with Crippen molar-refractivity contribution in [3.8, 4) is 17.1 Å². The fraction of sp³-hybridized carbons (Fsp3) is 0.200. The zero-order valence-corrected chi connectivity index (χ0v) is 19.2. The first kappa shape index (κ1) is 22.5. The number of rotatable bonds is 10. The predicted molar refractivity (Wildman–Crippen MR) is 130 cm³/mol. The summed E-state index contributed by atoms with van der Waals surface area (Å²) in [5.74, 6) is 1.67. The molecular formula is C25H25N5O2S. The number of benzene rings is 2. The zero-order chi connectivity index (χ0) is 22.9. The minimum absolute atomic E-state index is 0.104. The van der Waals surface area contributed by atoms with Crippen LogP contribution in [0.3, 0.4) is 0 Å². The molecule has 0 spiro atoms. The highest BCUT2D eigenvalue weighted by Gasteiger charge is 2.16. The molecular weight excluding hydrogens is 434 g/mol. The molecule has 1 N–H and O–H groups in total. The second kappa shape index (κ2) is 11.3. The van der Waals surface area contributed by atoms with Gasteiger partial charge in [0.05, 0.1) is 12.4 Å². The highest BCUT2D eigenvalue weighted by Crippen LogP contribution is 2.24. The Balaban J connectivity index is 1.44. The molecule has 168 valence electrons. The fourth-order valence-electron chi connectivity index (χ4n) is 3.33. The van der Waals surface area contributed by atoms with Gasteiger partial charge in [0, 0.05) is 30.2 Å². The smallest absolute Gasteiger partial charge is 0.234 e. The molecule has 0 fully saturated rings. The van der Waals surface area contributed by atoms with Gasteiger partial charge in [-0.25, -0.2) is 0 Å². The number of nitrogens with zero attached hydrogens (tertiary/aromatic N) is 4. The van der Waals surface area contributed by atoms with E-state index in [1.807, 2.05) is 61.5 Å². The molecule has 0 unspecified atom stereocenters. The molecule has 4 aromatic rings. The highest BCUT2D eigenvalue weighted by atomic mass is 32.2. The lowest BCUT2D eigenvalue weighted by molar-refractivity contribution is -0.113. The van der Waals surface area contributed by atoms with E-state index in [-0.39, 0.29) is 11.7 Å². The lowest BCUT2D eigenvalue weighted by atomic mass is 10.1. The molecule has 7 nitrogen and oxygen atoms in total. The van der Waals surface area contributed by atoms with Crippen molar-refractivity contribution >= 4 is 23.4 Å². The SMILES string of the molecule is CCOc1ccc(NC(=O)CSc2nnc(-c3ccncc3)n2CCc2ccccc2)cc1. The Morgan fingerprint density at radius 2 is 1.76 bits per heavy atom. The zero-order valence-electron chi connectivity index (χ0n) is 18.3. The molecule has 2 heterocycles. The molecule has 0 aliphatic rings. The molecule has 0 bridgehead atoms. The summed E-state index contributed by atoms with van der Waals surface area (Å²) in [5.41, 5.74) is 2.90. The number of hydrogen-bond acceptors (Lipinski definition) is 6. The summed E-state index contributed by atoms with van der Waals surface area (Å²) in [5, 5.41) is 12.4. The minimum atomic E-state index is -0.104. The predicted octanol–water partition coefficient (Wildman–Crippen LogP) is 4.71. The number of aromatic nitrogens is 4. The molecule has 4 rings (SSSR count). The van der Waals surface area contributed by atoms with E-state index in [2.05, 4.69) is 37.2 Å². The van der Waals surface area contributed by atoms with Crippen LogP contribution in [-0.2, 0) is 17.8 Å². The van der Waals surface area contributed by atoms with E-state index >= 15 is 0 Å². The number of pyridine rings is 1.